The molecule has 0 amide bonds. The van der Waals surface area contributed by atoms with Crippen molar-refractivity contribution in [2.24, 2.45) is 0 Å². The van der Waals surface area contributed by atoms with Gasteiger partial charge in [0.05, 0.1) is 12.3 Å². The fourth-order valence-electron chi connectivity index (χ4n) is 4.69. The third kappa shape index (κ3) is 4.89. The molecule has 1 aliphatic rings. The number of likely N-dealkylation sites (N-methyl/N-ethyl adjacent to an activating group) is 1. The number of aliphatic hydroxyl groups excluding tert-OH is 1. The van der Waals surface area contributed by atoms with Crippen LogP contribution in [0.4, 0.5) is 17.3 Å². The Morgan fingerprint density at radius 1 is 1.03 bits per heavy atom. The molecule has 10 heteroatoms. The molecule has 10 nitrogen and oxygen atoms in total. The minimum atomic E-state index is -0.528. The molecule has 1 aliphatic heterocycles. The summed E-state index contributed by atoms with van der Waals surface area (Å²) in [7, 11) is 2.15. The molecule has 4 aromatic rings. The lowest BCUT2D eigenvalue weighted by molar-refractivity contribution is 0.215. The second kappa shape index (κ2) is 10.2. The molecule has 4 heterocycles. The summed E-state index contributed by atoms with van der Waals surface area (Å²) in [6.45, 7) is 11.9. The molecule has 0 aliphatic carbocycles. The second-order valence-electron chi connectivity index (χ2n) is 10.9. The molecule has 0 saturated carbocycles. The van der Waals surface area contributed by atoms with Gasteiger partial charge in [0, 0.05) is 55.2 Å². The molecule has 1 fully saturated rings. The number of hydrogen-bond acceptors (Lipinski definition) is 8. The quantitative estimate of drug-likeness (QED) is 0.386. The van der Waals surface area contributed by atoms with Crippen molar-refractivity contribution in [2.75, 3.05) is 50.1 Å². The maximum Gasteiger partial charge on any atom is 0.278 e. The summed E-state index contributed by atoms with van der Waals surface area (Å²) in [6, 6.07) is 13.7. The SMILES string of the molecule is CC(C)n1c(=O)c2cnc(Nc3ccc(N4CCN(C)CC4)cc3)nc2n1-c1cccc(C(C)(C)CO)n1. The van der Waals surface area contributed by atoms with Crippen LogP contribution >= 0.6 is 0 Å². The van der Waals surface area contributed by atoms with Crippen LogP contribution < -0.4 is 15.8 Å². The first kappa shape index (κ1) is 25.9. The van der Waals surface area contributed by atoms with Gasteiger partial charge in [0.15, 0.2) is 11.5 Å². The van der Waals surface area contributed by atoms with Crippen LogP contribution in [0.3, 0.4) is 0 Å². The Labute approximate surface area is 222 Å². The zero-order valence-electron chi connectivity index (χ0n) is 22.7. The minimum Gasteiger partial charge on any atom is -0.395 e. The highest BCUT2D eigenvalue weighted by molar-refractivity contribution is 5.77. The molecule has 5 rings (SSSR count). The lowest BCUT2D eigenvalue weighted by atomic mass is 9.90. The molecule has 1 saturated heterocycles. The van der Waals surface area contributed by atoms with Crippen LogP contribution in [0.25, 0.3) is 16.9 Å². The normalized spacial score (nSPS) is 15.0. The van der Waals surface area contributed by atoms with Crippen LogP contribution in [0.5, 0.6) is 0 Å². The smallest absolute Gasteiger partial charge is 0.278 e. The maximum atomic E-state index is 13.3. The van der Waals surface area contributed by atoms with Gasteiger partial charge in [-0.2, -0.15) is 4.98 Å². The van der Waals surface area contributed by atoms with Crippen molar-refractivity contribution >= 4 is 28.4 Å². The van der Waals surface area contributed by atoms with E-state index >= 15 is 0 Å². The summed E-state index contributed by atoms with van der Waals surface area (Å²) >= 11 is 0. The monoisotopic (exact) mass is 516 g/mol. The standard InChI is InChI=1S/C28H36N8O2/c1-19(2)35-26(38)22-17-29-27(30-20-9-11-21(12-10-20)34-15-13-33(5)14-16-34)32-25(22)36(35)24-8-6-7-23(31-24)28(3,4)18-37/h6-12,17,19,37H,13-16,18H2,1-5H3,(H,29,30,32). The van der Waals surface area contributed by atoms with Crippen molar-refractivity contribution < 1.29 is 5.11 Å². The fourth-order valence-corrected chi connectivity index (χ4v) is 4.69. The Morgan fingerprint density at radius 3 is 2.39 bits per heavy atom. The number of anilines is 3. The van der Waals surface area contributed by atoms with Gasteiger partial charge in [-0.1, -0.05) is 19.9 Å². The number of pyridine rings is 1. The van der Waals surface area contributed by atoms with Gasteiger partial charge in [-0.05, 0) is 57.3 Å². The summed E-state index contributed by atoms with van der Waals surface area (Å²) < 4.78 is 3.40. The summed E-state index contributed by atoms with van der Waals surface area (Å²) in [6.07, 6.45) is 1.57. The highest BCUT2D eigenvalue weighted by atomic mass is 16.3. The predicted molar refractivity (Wildman–Crippen MR) is 151 cm³/mol. The van der Waals surface area contributed by atoms with Crippen molar-refractivity contribution in [3.63, 3.8) is 0 Å². The second-order valence-corrected chi connectivity index (χ2v) is 10.9. The number of nitrogens with one attached hydrogen (secondary N) is 1. The molecule has 0 unspecified atom stereocenters. The van der Waals surface area contributed by atoms with E-state index in [1.807, 2.05) is 58.0 Å². The molecule has 0 atom stereocenters. The number of aliphatic hydroxyl groups is 1. The van der Waals surface area contributed by atoms with Crippen molar-refractivity contribution in [1.29, 1.82) is 0 Å². The van der Waals surface area contributed by atoms with Crippen LogP contribution in [-0.2, 0) is 5.41 Å². The topological polar surface area (TPSA) is 104 Å². The van der Waals surface area contributed by atoms with Gasteiger partial charge < -0.3 is 20.2 Å². The molecule has 200 valence electrons. The van der Waals surface area contributed by atoms with Crippen molar-refractivity contribution in [1.82, 2.24) is 29.2 Å². The molecule has 2 N–H and O–H groups in total. The van der Waals surface area contributed by atoms with Gasteiger partial charge in [0.25, 0.3) is 5.56 Å². The average molecular weight is 517 g/mol. The van der Waals surface area contributed by atoms with Gasteiger partial charge >= 0.3 is 0 Å². The van der Waals surface area contributed by atoms with Crippen LogP contribution in [-0.4, -0.2) is 74.2 Å². The zero-order valence-corrected chi connectivity index (χ0v) is 22.7. The number of aromatic nitrogens is 5. The van der Waals surface area contributed by atoms with E-state index < -0.39 is 5.41 Å². The Kier molecular flexibility index (Phi) is 6.93. The molecular weight excluding hydrogens is 480 g/mol. The van der Waals surface area contributed by atoms with Gasteiger partial charge in [0.1, 0.15) is 5.39 Å². The Hall–Kier alpha value is -3.76. The summed E-state index contributed by atoms with van der Waals surface area (Å²) in [5.74, 6) is 0.956. The van der Waals surface area contributed by atoms with E-state index in [0.717, 1.165) is 37.6 Å². The van der Waals surface area contributed by atoms with Crippen molar-refractivity contribution in [2.45, 2.75) is 39.2 Å². The van der Waals surface area contributed by atoms with E-state index in [2.05, 4.69) is 39.3 Å². The summed E-state index contributed by atoms with van der Waals surface area (Å²) in [5.41, 5.74) is 2.56. The number of piperazine rings is 1. The fraction of sp³-hybridized carbons (Fsp3) is 0.429. The largest absolute Gasteiger partial charge is 0.395 e. The van der Waals surface area contributed by atoms with E-state index in [4.69, 9.17) is 9.97 Å². The van der Waals surface area contributed by atoms with Gasteiger partial charge in [-0.15, -0.1) is 0 Å². The molecule has 0 spiro atoms. The highest BCUT2D eigenvalue weighted by Crippen LogP contribution is 2.25. The maximum absolute atomic E-state index is 13.3. The molecule has 38 heavy (non-hydrogen) atoms. The zero-order chi connectivity index (χ0) is 27.0. The van der Waals surface area contributed by atoms with E-state index in [9.17, 15) is 9.90 Å². The Morgan fingerprint density at radius 2 is 1.74 bits per heavy atom. The molecule has 0 bridgehead atoms. The predicted octanol–water partition coefficient (Wildman–Crippen LogP) is 3.32. The first-order chi connectivity index (χ1) is 18.2. The Bertz CT molecular complexity index is 1480. The van der Waals surface area contributed by atoms with E-state index in [0.29, 0.717) is 22.8 Å². The Balaban J connectivity index is 1.51. The third-order valence-corrected chi connectivity index (χ3v) is 7.14. The van der Waals surface area contributed by atoms with E-state index in [1.165, 1.54) is 5.69 Å². The number of rotatable bonds is 7. The number of hydrogen-bond donors (Lipinski definition) is 2. The van der Waals surface area contributed by atoms with Crippen molar-refractivity contribution in [3.05, 3.63) is 64.7 Å². The highest BCUT2D eigenvalue weighted by Gasteiger charge is 2.24. The van der Waals surface area contributed by atoms with Crippen molar-refractivity contribution in [3.8, 4) is 5.82 Å². The van der Waals surface area contributed by atoms with Gasteiger partial charge in [0.2, 0.25) is 5.95 Å². The lowest BCUT2D eigenvalue weighted by Gasteiger charge is -2.34. The molecule has 3 aromatic heterocycles. The van der Waals surface area contributed by atoms with Crippen LogP contribution in [0.1, 0.15) is 39.4 Å². The number of fused-ring (bicyclic) bond motifs is 1. The number of nitrogens with zero attached hydrogens (tertiary/aromatic N) is 7. The van der Waals surface area contributed by atoms with E-state index in [-0.39, 0.29) is 18.2 Å². The van der Waals surface area contributed by atoms with Crippen LogP contribution in [0.15, 0.2) is 53.5 Å². The molecule has 1 aromatic carbocycles. The van der Waals surface area contributed by atoms with Gasteiger partial charge in [-0.3, -0.25) is 4.79 Å². The lowest BCUT2D eigenvalue weighted by Crippen LogP contribution is -2.44. The minimum absolute atomic E-state index is 0.0449. The first-order valence-electron chi connectivity index (χ1n) is 13.1. The van der Waals surface area contributed by atoms with Crippen LogP contribution in [0, 0.1) is 0 Å². The van der Waals surface area contributed by atoms with E-state index in [1.54, 1.807) is 15.6 Å². The summed E-state index contributed by atoms with van der Waals surface area (Å²) in [5, 5.41) is 13.6. The van der Waals surface area contributed by atoms with Gasteiger partial charge in [-0.25, -0.2) is 19.3 Å². The van der Waals surface area contributed by atoms with Crippen LogP contribution in [0.2, 0.25) is 0 Å². The first-order valence-corrected chi connectivity index (χ1v) is 13.1. The molecular formula is C28H36N8O2. The summed E-state index contributed by atoms with van der Waals surface area (Å²) in [4.78, 5) is 32.1. The third-order valence-electron chi connectivity index (χ3n) is 7.14. The molecule has 0 radical (unpaired) electrons. The average Bonchev–Trinajstić information content (AvgIpc) is 3.21. The number of benzene rings is 1.